The molecule has 1 aromatic rings. The number of guanidine groups is 1. The number of hydrogen-bond donors (Lipinski definition) is 1. The molecule has 2 rings (SSSR count). The van der Waals surface area contributed by atoms with E-state index in [0.29, 0.717) is 12.5 Å². The molecule has 0 saturated carbocycles. The number of rotatable bonds is 4. The van der Waals surface area contributed by atoms with Crippen LogP contribution in [-0.4, -0.2) is 56.2 Å². The Morgan fingerprint density at radius 2 is 1.86 bits per heavy atom. The first-order valence-corrected chi connectivity index (χ1v) is 7.01. The number of aliphatic imine (C=N–C) groups is 1. The van der Waals surface area contributed by atoms with Crippen molar-refractivity contribution in [2.75, 3.05) is 40.4 Å². The normalized spacial score (nSPS) is 16.0. The van der Waals surface area contributed by atoms with E-state index in [1.807, 2.05) is 0 Å². The van der Waals surface area contributed by atoms with Crippen LogP contribution in [0.2, 0.25) is 0 Å². The van der Waals surface area contributed by atoms with E-state index in [0.717, 1.165) is 32.8 Å². The van der Waals surface area contributed by atoms with Gasteiger partial charge in [-0.15, -0.1) is 24.0 Å². The molecule has 1 saturated heterocycles. The van der Waals surface area contributed by atoms with Gasteiger partial charge in [0, 0.05) is 19.6 Å². The van der Waals surface area contributed by atoms with Gasteiger partial charge in [-0.05, 0) is 25.2 Å². The van der Waals surface area contributed by atoms with Crippen LogP contribution in [0, 0.1) is 0 Å². The SMILES string of the molecule is CN(C)Cc1ccccc1CN=C(N)N1CCOCC1.I. The fourth-order valence-corrected chi connectivity index (χ4v) is 2.27. The van der Waals surface area contributed by atoms with Gasteiger partial charge in [0.05, 0.1) is 19.8 Å². The number of hydrogen-bond acceptors (Lipinski definition) is 3. The van der Waals surface area contributed by atoms with E-state index in [9.17, 15) is 0 Å². The Bertz CT molecular complexity index is 459. The van der Waals surface area contributed by atoms with Crippen molar-refractivity contribution in [1.29, 1.82) is 0 Å². The van der Waals surface area contributed by atoms with E-state index in [1.54, 1.807) is 0 Å². The summed E-state index contributed by atoms with van der Waals surface area (Å²) in [6.07, 6.45) is 0. The summed E-state index contributed by atoms with van der Waals surface area (Å²) in [4.78, 5) is 8.77. The number of benzene rings is 1. The standard InChI is InChI=1S/C15H24N4O.HI/c1-18(2)12-14-6-4-3-5-13(14)11-17-15(16)19-7-9-20-10-8-19;/h3-6H,7-12H2,1-2H3,(H2,16,17);1H. The summed E-state index contributed by atoms with van der Waals surface area (Å²) in [6, 6.07) is 8.39. The van der Waals surface area contributed by atoms with Crippen LogP contribution < -0.4 is 5.73 Å². The van der Waals surface area contributed by atoms with Crippen LogP contribution >= 0.6 is 24.0 Å². The van der Waals surface area contributed by atoms with Gasteiger partial charge in [-0.3, -0.25) is 0 Å². The molecule has 0 radical (unpaired) electrons. The maximum absolute atomic E-state index is 6.06. The zero-order valence-corrected chi connectivity index (χ0v) is 15.1. The molecule has 0 amide bonds. The number of nitrogens with zero attached hydrogens (tertiary/aromatic N) is 3. The second kappa shape index (κ2) is 9.22. The van der Waals surface area contributed by atoms with Crippen molar-refractivity contribution in [3.63, 3.8) is 0 Å². The van der Waals surface area contributed by atoms with Gasteiger partial charge in [0.2, 0.25) is 0 Å². The highest BCUT2D eigenvalue weighted by molar-refractivity contribution is 14.0. The predicted octanol–water partition coefficient (Wildman–Crippen LogP) is 1.51. The molecule has 2 N–H and O–H groups in total. The lowest BCUT2D eigenvalue weighted by Crippen LogP contribution is -2.44. The summed E-state index contributed by atoms with van der Waals surface area (Å²) in [5.41, 5.74) is 8.59. The van der Waals surface area contributed by atoms with Crippen molar-refractivity contribution >= 4 is 29.9 Å². The molecule has 21 heavy (non-hydrogen) atoms. The van der Waals surface area contributed by atoms with Gasteiger partial charge < -0.3 is 20.3 Å². The van der Waals surface area contributed by atoms with Gasteiger partial charge in [-0.1, -0.05) is 24.3 Å². The average molecular weight is 404 g/mol. The first kappa shape index (κ1) is 18.2. The molecule has 0 aromatic heterocycles. The Labute approximate surface area is 144 Å². The van der Waals surface area contributed by atoms with Crippen LogP contribution in [0.1, 0.15) is 11.1 Å². The molecule has 1 aliphatic rings. The van der Waals surface area contributed by atoms with Crippen molar-refractivity contribution in [2.45, 2.75) is 13.1 Å². The van der Waals surface area contributed by atoms with E-state index >= 15 is 0 Å². The van der Waals surface area contributed by atoms with Gasteiger partial charge in [0.1, 0.15) is 0 Å². The Morgan fingerprint density at radius 1 is 1.24 bits per heavy atom. The van der Waals surface area contributed by atoms with Gasteiger partial charge >= 0.3 is 0 Å². The van der Waals surface area contributed by atoms with Gasteiger partial charge in [-0.2, -0.15) is 0 Å². The molecule has 0 atom stereocenters. The molecule has 1 fully saturated rings. The molecule has 118 valence electrons. The Kier molecular flexibility index (Phi) is 7.98. The minimum atomic E-state index is 0. The smallest absolute Gasteiger partial charge is 0.191 e. The second-order valence-corrected chi connectivity index (χ2v) is 5.28. The summed E-state index contributed by atoms with van der Waals surface area (Å²) in [5, 5.41) is 0. The quantitative estimate of drug-likeness (QED) is 0.470. The van der Waals surface area contributed by atoms with Gasteiger partial charge in [0.25, 0.3) is 0 Å². The Hall–Kier alpha value is -0.860. The van der Waals surface area contributed by atoms with Crippen molar-refractivity contribution in [1.82, 2.24) is 9.80 Å². The molecule has 5 nitrogen and oxygen atoms in total. The highest BCUT2D eigenvalue weighted by Crippen LogP contribution is 2.12. The van der Waals surface area contributed by atoms with E-state index in [1.165, 1.54) is 11.1 Å². The molecule has 0 unspecified atom stereocenters. The van der Waals surface area contributed by atoms with Crippen LogP contribution in [0.4, 0.5) is 0 Å². The van der Waals surface area contributed by atoms with E-state index in [4.69, 9.17) is 10.5 Å². The molecule has 1 aromatic carbocycles. The van der Waals surface area contributed by atoms with Crippen LogP contribution in [0.25, 0.3) is 0 Å². The lowest BCUT2D eigenvalue weighted by Gasteiger charge is -2.27. The zero-order valence-electron chi connectivity index (χ0n) is 12.8. The summed E-state index contributed by atoms with van der Waals surface area (Å²) < 4.78 is 5.32. The zero-order chi connectivity index (χ0) is 14.4. The number of morpholine rings is 1. The van der Waals surface area contributed by atoms with Crippen molar-refractivity contribution in [2.24, 2.45) is 10.7 Å². The third-order valence-corrected chi connectivity index (χ3v) is 3.35. The molecule has 0 bridgehead atoms. The highest BCUT2D eigenvalue weighted by Gasteiger charge is 2.12. The minimum absolute atomic E-state index is 0. The van der Waals surface area contributed by atoms with Crippen molar-refractivity contribution < 1.29 is 4.74 Å². The lowest BCUT2D eigenvalue weighted by atomic mass is 10.1. The highest BCUT2D eigenvalue weighted by atomic mass is 127. The van der Waals surface area contributed by atoms with Crippen LogP contribution in [0.3, 0.4) is 0 Å². The van der Waals surface area contributed by atoms with Crippen molar-refractivity contribution in [3.8, 4) is 0 Å². The molecule has 1 aliphatic heterocycles. The average Bonchev–Trinajstić information content (AvgIpc) is 2.46. The second-order valence-electron chi connectivity index (χ2n) is 5.28. The monoisotopic (exact) mass is 404 g/mol. The first-order valence-electron chi connectivity index (χ1n) is 7.01. The lowest BCUT2D eigenvalue weighted by molar-refractivity contribution is 0.0674. The van der Waals surface area contributed by atoms with Crippen LogP contribution in [0.15, 0.2) is 29.3 Å². The number of halogens is 1. The topological polar surface area (TPSA) is 54.1 Å². The first-order chi connectivity index (χ1) is 9.66. The summed E-state index contributed by atoms with van der Waals surface area (Å²) >= 11 is 0. The molecule has 0 aliphatic carbocycles. The third-order valence-electron chi connectivity index (χ3n) is 3.35. The fraction of sp³-hybridized carbons (Fsp3) is 0.533. The third kappa shape index (κ3) is 5.80. The predicted molar refractivity (Wildman–Crippen MR) is 97.0 cm³/mol. The Morgan fingerprint density at radius 3 is 2.48 bits per heavy atom. The molecule has 1 heterocycles. The van der Waals surface area contributed by atoms with Gasteiger partial charge in [0.15, 0.2) is 5.96 Å². The summed E-state index contributed by atoms with van der Waals surface area (Å²) in [7, 11) is 4.14. The molecular weight excluding hydrogens is 379 g/mol. The maximum Gasteiger partial charge on any atom is 0.191 e. The van der Waals surface area contributed by atoms with E-state index < -0.39 is 0 Å². The largest absolute Gasteiger partial charge is 0.378 e. The molecule has 0 spiro atoms. The molecule has 6 heteroatoms. The van der Waals surface area contributed by atoms with E-state index in [2.05, 4.69) is 53.2 Å². The number of ether oxygens (including phenoxy) is 1. The van der Waals surface area contributed by atoms with Gasteiger partial charge in [-0.25, -0.2) is 4.99 Å². The maximum atomic E-state index is 6.06. The summed E-state index contributed by atoms with van der Waals surface area (Å²) in [5.74, 6) is 0.618. The van der Waals surface area contributed by atoms with E-state index in [-0.39, 0.29) is 24.0 Å². The van der Waals surface area contributed by atoms with Crippen LogP contribution in [0.5, 0.6) is 0 Å². The summed E-state index contributed by atoms with van der Waals surface area (Å²) in [6.45, 7) is 4.67. The van der Waals surface area contributed by atoms with Crippen LogP contribution in [-0.2, 0) is 17.8 Å². The van der Waals surface area contributed by atoms with Crippen molar-refractivity contribution in [3.05, 3.63) is 35.4 Å². The fourth-order valence-electron chi connectivity index (χ4n) is 2.27. The molecular formula is C15H25IN4O. The minimum Gasteiger partial charge on any atom is -0.378 e. The Balaban J connectivity index is 0.00000220. The number of nitrogens with two attached hydrogens (primary N) is 1.